The first-order valence-electron chi connectivity index (χ1n) is 12.0. The second-order valence-electron chi connectivity index (χ2n) is 9.51. The Morgan fingerprint density at radius 1 is 1.05 bits per heavy atom. The zero-order valence-electron chi connectivity index (χ0n) is 21.4. The fourth-order valence-electron chi connectivity index (χ4n) is 4.91. The molecule has 0 saturated carbocycles. The summed E-state index contributed by atoms with van der Waals surface area (Å²) in [5.41, 5.74) is -1.75. The molecule has 0 radical (unpaired) electrons. The summed E-state index contributed by atoms with van der Waals surface area (Å²) >= 11 is 0. The summed E-state index contributed by atoms with van der Waals surface area (Å²) < 4.78 is 95.0. The summed E-state index contributed by atoms with van der Waals surface area (Å²) in [4.78, 5) is 16.7. The Hall–Kier alpha value is -2.53. The van der Waals surface area contributed by atoms with E-state index in [-0.39, 0.29) is 37.1 Å². The van der Waals surface area contributed by atoms with Crippen LogP contribution in [0.2, 0.25) is 0 Å². The smallest absolute Gasteiger partial charge is 0.318 e. The number of aryl methyl sites for hydroxylation is 1. The van der Waals surface area contributed by atoms with Crippen molar-refractivity contribution in [3.8, 4) is 0 Å². The largest absolute Gasteiger partial charge is 0.416 e. The number of nitrogens with one attached hydrogen (secondary N) is 1. The number of amides is 2. The van der Waals surface area contributed by atoms with Crippen LogP contribution in [-0.2, 0) is 12.4 Å². The number of carbonyl (C=O) groups is 1. The molecule has 1 N–H and O–H groups in total. The molecule has 1 saturated heterocycles. The lowest BCUT2D eigenvalue weighted by atomic mass is 9.91. The molecule has 1 heterocycles. The third-order valence-electron chi connectivity index (χ3n) is 6.59. The Morgan fingerprint density at radius 3 is 2.11 bits per heavy atom. The number of hydrogen-bond donors (Lipinski definition) is 1. The SMILES string of the molecule is CCN(C(=O)N1CCNCC1c1ccc(F)cc1C)C(c1cc(C(F)(F)F)cc(C(F)(F)F)c1)C(C)C.Cl. The number of piperazine rings is 1. The van der Waals surface area contributed by atoms with Gasteiger partial charge < -0.3 is 15.1 Å². The minimum Gasteiger partial charge on any atom is -0.318 e. The molecule has 2 aromatic rings. The molecular weight excluding hydrogens is 539 g/mol. The van der Waals surface area contributed by atoms with Gasteiger partial charge in [0.25, 0.3) is 0 Å². The van der Waals surface area contributed by atoms with Gasteiger partial charge >= 0.3 is 18.4 Å². The average molecular weight is 570 g/mol. The van der Waals surface area contributed by atoms with Crippen LogP contribution in [0.5, 0.6) is 0 Å². The molecule has 0 spiro atoms. The van der Waals surface area contributed by atoms with Gasteiger partial charge in [-0.05, 0) is 66.8 Å². The molecule has 12 heteroatoms. The van der Waals surface area contributed by atoms with Gasteiger partial charge in [-0.3, -0.25) is 0 Å². The van der Waals surface area contributed by atoms with Gasteiger partial charge in [0.15, 0.2) is 0 Å². The predicted octanol–water partition coefficient (Wildman–Crippen LogP) is 7.38. The van der Waals surface area contributed by atoms with Crippen LogP contribution in [0, 0.1) is 18.7 Å². The van der Waals surface area contributed by atoms with Crippen LogP contribution in [-0.4, -0.2) is 42.0 Å². The monoisotopic (exact) mass is 569 g/mol. The number of urea groups is 1. The highest BCUT2D eigenvalue weighted by atomic mass is 35.5. The molecule has 2 aromatic carbocycles. The number of nitrogens with zero attached hydrogens (tertiary/aromatic N) is 2. The Kier molecular flexibility index (Phi) is 10.1. The highest BCUT2D eigenvalue weighted by molar-refractivity contribution is 5.85. The minimum absolute atomic E-state index is 0. The van der Waals surface area contributed by atoms with Crippen LogP contribution >= 0.6 is 12.4 Å². The molecule has 38 heavy (non-hydrogen) atoms. The van der Waals surface area contributed by atoms with E-state index in [1.54, 1.807) is 38.7 Å². The fourth-order valence-corrected chi connectivity index (χ4v) is 4.91. The van der Waals surface area contributed by atoms with Crippen LogP contribution < -0.4 is 5.32 Å². The van der Waals surface area contributed by atoms with Crippen molar-refractivity contribution in [1.29, 1.82) is 0 Å². The van der Waals surface area contributed by atoms with E-state index in [0.29, 0.717) is 36.3 Å². The number of benzene rings is 2. The van der Waals surface area contributed by atoms with Gasteiger partial charge in [-0.2, -0.15) is 26.3 Å². The van der Waals surface area contributed by atoms with Crippen LogP contribution in [0.1, 0.15) is 60.7 Å². The zero-order chi connectivity index (χ0) is 27.7. The van der Waals surface area contributed by atoms with E-state index in [4.69, 9.17) is 0 Å². The van der Waals surface area contributed by atoms with E-state index in [2.05, 4.69) is 5.32 Å². The number of carbonyl (C=O) groups excluding carboxylic acids is 1. The molecule has 0 aromatic heterocycles. The molecule has 212 valence electrons. The van der Waals surface area contributed by atoms with Crippen molar-refractivity contribution in [2.75, 3.05) is 26.2 Å². The molecule has 2 unspecified atom stereocenters. The zero-order valence-corrected chi connectivity index (χ0v) is 22.2. The molecule has 4 nitrogen and oxygen atoms in total. The van der Waals surface area contributed by atoms with E-state index in [0.717, 1.165) is 0 Å². The van der Waals surface area contributed by atoms with Gasteiger partial charge in [-0.15, -0.1) is 12.4 Å². The second kappa shape index (κ2) is 12.1. The van der Waals surface area contributed by atoms with Gasteiger partial charge in [0.2, 0.25) is 0 Å². The first kappa shape index (κ1) is 31.7. The van der Waals surface area contributed by atoms with Gasteiger partial charge in [-0.25, -0.2) is 9.18 Å². The van der Waals surface area contributed by atoms with Gasteiger partial charge in [-0.1, -0.05) is 19.9 Å². The first-order chi connectivity index (χ1) is 17.1. The summed E-state index contributed by atoms with van der Waals surface area (Å²) in [6.07, 6.45) is -10.00. The molecule has 1 fully saturated rings. The Bertz CT molecular complexity index is 1090. The van der Waals surface area contributed by atoms with Crippen LogP contribution in [0.3, 0.4) is 0 Å². The third-order valence-corrected chi connectivity index (χ3v) is 6.59. The summed E-state index contributed by atoms with van der Waals surface area (Å²) in [6.45, 7) is 7.77. The topological polar surface area (TPSA) is 35.6 Å². The maximum atomic E-state index is 13.9. The van der Waals surface area contributed by atoms with Crippen molar-refractivity contribution >= 4 is 18.4 Å². The summed E-state index contributed by atoms with van der Waals surface area (Å²) in [6, 6.07) is 3.63. The normalized spacial score (nSPS) is 17.3. The Labute approximate surface area is 223 Å². The minimum atomic E-state index is -5.00. The quantitative estimate of drug-likeness (QED) is 0.381. The summed E-state index contributed by atoms with van der Waals surface area (Å²) in [7, 11) is 0. The van der Waals surface area contributed by atoms with E-state index in [1.807, 2.05) is 0 Å². The highest BCUT2D eigenvalue weighted by Crippen LogP contribution is 2.40. The average Bonchev–Trinajstić information content (AvgIpc) is 2.80. The van der Waals surface area contributed by atoms with E-state index in [1.165, 1.54) is 17.0 Å². The van der Waals surface area contributed by atoms with E-state index in [9.17, 15) is 35.5 Å². The van der Waals surface area contributed by atoms with Gasteiger partial charge in [0, 0.05) is 26.2 Å². The maximum Gasteiger partial charge on any atom is 0.416 e. The first-order valence-corrected chi connectivity index (χ1v) is 12.0. The molecule has 0 aliphatic carbocycles. The van der Waals surface area contributed by atoms with Crippen molar-refractivity contribution < 1.29 is 35.5 Å². The molecule has 2 amide bonds. The number of alkyl halides is 6. The number of rotatable bonds is 5. The van der Waals surface area contributed by atoms with E-state index >= 15 is 0 Å². The summed E-state index contributed by atoms with van der Waals surface area (Å²) in [5, 5.41) is 3.19. The molecular formula is C26H31ClF7N3O. The molecule has 0 bridgehead atoms. The lowest BCUT2D eigenvalue weighted by Crippen LogP contribution is -2.54. The fraction of sp³-hybridized carbons (Fsp3) is 0.500. The number of halogens is 8. The van der Waals surface area contributed by atoms with Crippen LogP contribution in [0.15, 0.2) is 36.4 Å². The van der Waals surface area contributed by atoms with E-state index < -0.39 is 53.3 Å². The molecule has 2 atom stereocenters. The van der Waals surface area contributed by atoms with Gasteiger partial charge in [0.1, 0.15) is 5.82 Å². The van der Waals surface area contributed by atoms with Crippen molar-refractivity contribution in [2.45, 2.75) is 52.1 Å². The maximum absolute atomic E-state index is 13.9. The van der Waals surface area contributed by atoms with Crippen molar-refractivity contribution in [3.63, 3.8) is 0 Å². The van der Waals surface area contributed by atoms with Crippen LogP contribution in [0.25, 0.3) is 0 Å². The lowest BCUT2D eigenvalue weighted by molar-refractivity contribution is -0.143. The Morgan fingerprint density at radius 2 is 1.63 bits per heavy atom. The standard InChI is InChI=1S/C26H30F7N3O.ClH/c1-5-35(24(37)36-9-8-34-14-22(36)21-7-6-20(27)10-16(21)4)23(15(2)3)17-11-18(25(28,29)30)13-19(12-17)26(31,32)33;/h6-7,10-13,15,22-23,34H,5,8-9,14H2,1-4H3;1H. The number of hydrogen-bond acceptors (Lipinski definition) is 2. The van der Waals surface area contributed by atoms with Crippen LogP contribution in [0.4, 0.5) is 35.5 Å². The molecule has 1 aliphatic rings. The van der Waals surface area contributed by atoms with Crippen molar-refractivity contribution in [1.82, 2.24) is 15.1 Å². The molecule has 1 aliphatic heterocycles. The second-order valence-corrected chi connectivity index (χ2v) is 9.51. The summed E-state index contributed by atoms with van der Waals surface area (Å²) in [5.74, 6) is -0.926. The third kappa shape index (κ3) is 6.91. The predicted molar refractivity (Wildman–Crippen MR) is 133 cm³/mol. The molecule has 3 rings (SSSR count). The van der Waals surface area contributed by atoms with Crippen molar-refractivity contribution in [3.05, 3.63) is 70.0 Å². The lowest BCUT2D eigenvalue weighted by Gasteiger charge is -2.43. The Balaban J connectivity index is 0.00000507. The highest BCUT2D eigenvalue weighted by Gasteiger charge is 2.40. The van der Waals surface area contributed by atoms with Gasteiger partial charge in [0.05, 0.1) is 23.2 Å². The van der Waals surface area contributed by atoms with Crippen molar-refractivity contribution in [2.24, 2.45) is 5.92 Å².